The van der Waals surface area contributed by atoms with Crippen LogP contribution in [0.2, 0.25) is 0 Å². The van der Waals surface area contributed by atoms with E-state index in [0.29, 0.717) is 25.3 Å². The van der Waals surface area contributed by atoms with Crippen molar-refractivity contribution in [1.29, 1.82) is 0 Å². The molecule has 1 fully saturated rings. The number of alkyl halides is 2. The first-order valence-electron chi connectivity index (χ1n) is 10.9. The van der Waals surface area contributed by atoms with Crippen molar-refractivity contribution in [2.45, 2.75) is 44.2 Å². The van der Waals surface area contributed by atoms with Crippen molar-refractivity contribution in [3.63, 3.8) is 0 Å². The molecule has 2 bridgehead atoms. The SMILES string of the molecule is Cc1cc(NC(=O)c2ccc(F)c(C(F)(F)C(=O)N3C4CCC3c3cc[nH]c3C4)c2)ccc1F. The van der Waals surface area contributed by atoms with E-state index < -0.39 is 47.0 Å². The van der Waals surface area contributed by atoms with Gasteiger partial charge >= 0.3 is 5.92 Å². The van der Waals surface area contributed by atoms with Gasteiger partial charge in [-0.2, -0.15) is 8.78 Å². The van der Waals surface area contributed by atoms with Crippen LogP contribution in [0.3, 0.4) is 0 Å². The van der Waals surface area contributed by atoms with Gasteiger partial charge < -0.3 is 15.2 Å². The van der Waals surface area contributed by atoms with Crippen LogP contribution < -0.4 is 5.32 Å². The van der Waals surface area contributed by atoms with E-state index >= 15 is 8.78 Å². The molecule has 0 radical (unpaired) electrons. The van der Waals surface area contributed by atoms with Gasteiger partial charge in [-0.3, -0.25) is 9.59 Å². The second-order valence-corrected chi connectivity index (χ2v) is 8.76. The zero-order valence-corrected chi connectivity index (χ0v) is 18.2. The average Bonchev–Trinajstić information content (AvgIpc) is 3.40. The number of benzene rings is 2. The number of aromatic amines is 1. The Kier molecular flexibility index (Phi) is 5.22. The largest absolute Gasteiger partial charge is 0.365 e. The molecule has 5 rings (SSSR count). The van der Waals surface area contributed by atoms with Crippen LogP contribution in [0.15, 0.2) is 48.7 Å². The predicted octanol–water partition coefficient (Wildman–Crippen LogP) is 5.23. The van der Waals surface area contributed by atoms with Crippen LogP contribution in [0.1, 0.15) is 51.6 Å². The Balaban J connectivity index is 1.43. The summed E-state index contributed by atoms with van der Waals surface area (Å²) < 4.78 is 58.9. The summed E-state index contributed by atoms with van der Waals surface area (Å²) in [4.78, 5) is 30.0. The van der Waals surface area contributed by atoms with Gasteiger partial charge in [0, 0.05) is 35.6 Å². The summed E-state index contributed by atoms with van der Waals surface area (Å²) in [6.07, 6.45) is 3.29. The van der Waals surface area contributed by atoms with Gasteiger partial charge in [0.1, 0.15) is 11.6 Å². The fourth-order valence-corrected chi connectivity index (χ4v) is 4.95. The number of amides is 2. The van der Waals surface area contributed by atoms with Gasteiger partial charge in [-0.25, -0.2) is 8.78 Å². The topological polar surface area (TPSA) is 65.2 Å². The lowest BCUT2D eigenvalue weighted by atomic mass is 9.97. The molecule has 3 aromatic rings. The number of fused-ring (bicyclic) bond motifs is 4. The fraction of sp³-hybridized carbons (Fsp3) is 0.280. The maximum atomic E-state index is 15.4. The highest BCUT2D eigenvalue weighted by atomic mass is 19.3. The summed E-state index contributed by atoms with van der Waals surface area (Å²) in [5.74, 6) is -8.16. The van der Waals surface area contributed by atoms with Gasteiger partial charge in [0.15, 0.2) is 0 Å². The van der Waals surface area contributed by atoms with E-state index in [4.69, 9.17) is 0 Å². The Labute approximate surface area is 192 Å². The van der Waals surface area contributed by atoms with Crippen molar-refractivity contribution >= 4 is 17.5 Å². The van der Waals surface area contributed by atoms with Crippen molar-refractivity contribution in [3.8, 4) is 0 Å². The van der Waals surface area contributed by atoms with Crippen molar-refractivity contribution < 1.29 is 27.2 Å². The highest BCUT2D eigenvalue weighted by Crippen LogP contribution is 2.46. The molecule has 2 atom stereocenters. The van der Waals surface area contributed by atoms with Gasteiger partial charge in [-0.05, 0) is 73.4 Å². The third-order valence-corrected chi connectivity index (χ3v) is 6.66. The number of anilines is 1. The van der Waals surface area contributed by atoms with Crippen LogP contribution in [-0.2, 0) is 17.1 Å². The lowest BCUT2D eigenvalue weighted by Gasteiger charge is -2.37. The van der Waals surface area contributed by atoms with Gasteiger partial charge in [0.05, 0.1) is 11.6 Å². The Bertz CT molecular complexity index is 1300. The minimum atomic E-state index is -4.17. The molecular formula is C25H21F4N3O2. The number of halogens is 4. The van der Waals surface area contributed by atoms with E-state index in [1.165, 1.54) is 24.0 Å². The number of aryl methyl sites for hydroxylation is 1. The minimum absolute atomic E-state index is 0.250. The molecule has 2 aliphatic rings. The molecule has 34 heavy (non-hydrogen) atoms. The maximum absolute atomic E-state index is 15.4. The maximum Gasteiger partial charge on any atom is 0.352 e. The Hall–Kier alpha value is -3.62. The molecule has 0 saturated carbocycles. The summed E-state index contributed by atoms with van der Waals surface area (Å²) >= 11 is 0. The number of aromatic nitrogens is 1. The number of hydrogen-bond acceptors (Lipinski definition) is 2. The summed E-state index contributed by atoms with van der Waals surface area (Å²) in [7, 11) is 0. The predicted molar refractivity (Wildman–Crippen MR) is 116 cm³/mol. The zero-order chi connectivity index (χ0) is 24.2. The first kappa shape index (κ1) is 22.2. The highest BCUT2D eigenvalue weighted by molar-refractivity contribution is 6.04. The monoisotopic (exact) mass is 471 g/mol. The molecule has 1 saturated heterocycles. The van der Waals surface area contributed by atoms with Crippen molar-refractivity contribution in [1.82, 2.24) is 9.88 Å². The third-order valence-electron chi connectivity index (χ3n) is 6.66. The first-order valence-corrected chi connectivity index (χ1v) is 10.9. The molecule has 2 unspecified atom stereocenters. The van der Waals surface area contributed by atoms with Crippen molar-refractivity contribution in [2.24, 2.45) is 0 Å². The second-order valence-electron chi connectivity index (χ2n) is 8.76. The van der Waals surface area contributed by atoms with Crippen molar-refractivity contribution in [2.75, 3.05) is 5.32 Å². The number of carbonyl (C=O) groups is 2. The molecule has 2 aliphatic heterocycles. The number of carbonyl (C=O) groups excluding carboxylic acids is 2. The number of nitrogens with zero attached hydrogens (tertiary/aromatic N) is 1. The number of H-pyrrole nitrogens is 1. The molecular weight excluding hydrogens is 450 g/mol. The minimum Gasteiger partial charge on any atom is -0.365 e. The number of rotatable bonds is 4. The van der Waals surface area contributed by atoms with Crippen LogP contribution >= 0.6 is 0 Å². The fourth-order valence-electron chi connectivity index (χ4n) is 4.95. The van der Waals surface area contributed by atoms with Crippen LogP contribution in [0.5, 0.6) is 0 Å². The quantitative estimate of drug-likeness (QED) is 0.512. The summed E-state index contributed by atoms with van der Waals surface area (Å²) in [5.41, 5.74) is 0.878. The summed E-state index contributed by atoms with van der Waals surface area (Å²) in [6, 6.07) is 7.27. The van der Waals surface area contributed by atoms with E-state index in [1.807, 2.05) is 0 Å². The van der Waals surface area contributed by atoms with Crippen LogP contribution in [0.4, 0.5) is 23.2 Å². The van der Waals surface area contributed by atoms with Gasteiger partial charge in [0.25, 0.3) is 11.8 Å². The number of hydrogen-bond donors (Lipinski definition) is 2. The second kappa shape index (κ2) is 8.00. The first-order chi connectivity index (χ1) is 16.2. The smallest absolute Gasteiger partial charge is 0.352 e. The van der Waals surface area contributed by atoms with Crippen LogP contribution in [0.25, 0.3) is 0 Å². The summed E-state index contributed by atoms with van der Waals surface area (Å²) in [5, 5.41) is 2.48. The molecule has 0 aliphatic carbocycles. The molecule has 176 valence electrons. The molecule has 3 heterocycles. The van der Waals surface area contributed by atoms with Gasteiger partial charge in [-0.1, -0.05) is 0 Å². The molecule has 2 amide bonds. The molecule has 5 nitrogen and oxygen atoms in total. The van der Waals surface area contributed by atoms with Crippen molar-refractivity contribution in [3.05, 3.63) is 88.2 Å². The standard InChI is InChI=1S/C25H21F4N3O2/c1-13-10-15(3-6-19(13)26)31-23(33)14-2-5-20(27)18(11-14)25(28,29)24(34)32-16-4-7-22(32)17-8-9-30-21(17)12-16/h2-3,5-6,8-11,16,22,30H,4,7,12H2,1H3,(H,31,33). The van der Waals surface area contributed by atoms with E-state index in [2.05, 4.69) is 10.3 Å². The molecule has 9 heteroatoms. The molecule has 1 aromatic heterocycles. The van der Waals surface area contributed by atoms with Gasteiger partial charge in [0.2, 0.25) is 0 Å². The summed E-state index contributed by atoms with van der Waals surface area (Å²) in [6.45, 7) is 1.51. The van der Waals surface area contributed by atoms with Crippen LogP contribution in [0, 0.1) is 18.6 Å². The highest BCUT2D eigenvalue weighted by Gasteiger charge is 2.53. The Morgan fingerprint density at radius 3 is 2.59 bits per heavy atom. The van der Waals surface area contributed by atoms with Gasteiger partial charge in [-0.15, -0.1) is 0 Å². The lowest BCUT2D eigenvalue weighted by molar-refractivity contribution is -0.163. The van der Waals surface area contributed by atoms with E-state index in [0.717, 1.165) is 29.5 Å². The Morgan fingerprint density at radius 1 is 1.06 bits per heavy atom. The average molecular weight is 471 g/mol. The normalized spacial score (nSPS) is 19.1. The van der Waals surface area contributed by atoms with E-state index in [9.17, 15) is 18.4 Å². The zero-order valence-electron chi connectivity index (χ0n) is 18.2. The van der Waals surface area contributed by atoms with E-state index in [-0.39, 0.29) is 16.8 Å². The lowest BCUT2D eigenvalue weighted by Crippen LogP contribution is -2.48. The molecule has 0 spiro atoms. The Morgan fingerprint density at radius 2 is 1.82 bits per heavy atom. The third kappa shape index (κ3) is 3.55. The van der Waals surface area contributed by atoms with E-state index in [1.54, 1.807) is 12.3 Å². The molecule has 2 aromatic carbocycles. The van der Waals surface area contributed by atoms with Crippen LogP contribution in [-0.4, -0.2) is 27.7 Å². The number of nitrogens with one attached hydrogen (secondary N) is 2. The molecule has 2 N–H and O–H groups in total.